The fourth-order valence-electron chi connectivity index (χ4n) is 2.62. The largest absolute Gasteiger partial charge is 0.438 e. The minimum absolute atomic E-state index is 0.0690. The van der Waals surface area contributed by atoms with Crippen molar-refractivity contribution in [3.05, 3.63) is 0 Å². The summed E-state index contributed by atoms with van der Waals surface area (Å²) >= 11 is 3.70. The van der Waals surface area contributed by atoms with Crippen LogP contribution in [0.3, 0.4) is 0 Å². The molecule has 0 fully saturated rings. The van der Waals surface area contributed by atoms with Gasteiger partial charge in [0.25, 0.3) is 0 Å². The summed E-state index contributed by atoms with van der Waals surface area (Å²) in [5.74, 6) is 0. The first-order chi connectivity index (χ1) is 9.02. The molecule has 4 heteroatoms. The van der Waals surface area contributed by atoms with Crippen LogP contribution in [0.4, 0.5) is 4.79 Å². The second kappa shape index (κ2) is 10.6. The molecule has 0 aromatic heterocycles. The third kappa shape index (κ3) is 7.21. The number of unbranched alkanes of at least 4 members (excludes halogenated alkanes) is 3. The lowest BCUT2D eigenvalue weighted by Crippen LogP contribution is -2.44. The van der Waals surface area contributed by atoms with E-state index in [1.807, 2.05) is 0 Å². The van der Waals surface area contributed by atoms with Gasteiger partial charge in [0.1, 0.15) is 0 Å². The number of nitrogens with two attached hydrogens (primary N) is 1. The van der Waals surface area contributed by atoms with Crippen molar-refractivity contribution in [1.82, 2.24) is 0 Å². The molecule has 0 rings (SSSR count). The zero-order valence-electron chi connectivity index (χ0n) is 12.8. The molecule has 0 aliphatic carbocycles. The van der Waals surface area contributed by atoms with Crippen molar-refractivity contribution in [2.75, 3.05) is 0 Å². The number of carbonyl (C=O) groups excluding carboxylic acids is 1. The lowest BCUT2D eigenvalue weighted by Gasteiger charge is -2.38. The van der Waals surface area contributed by atoms with E-state index < -0.39 is 11.5 Å². The van der Waals surface area contributed by atoms with E-state index in [9.17, 15) is 4.79 Å². The van der Waals surface area contributed by atoms with Crippen LogP contribution in [0.15, 0.2) is 0 Å². The van der Waals surface area contributed by atoms with Crippen LogP contribution in [0.2, 0.25) is 0 Å². The van der Waals surface area contributed by atoms with Crippen molar-refractivity contribution in [2.45, 2.75) is 84.8 Å². The van der Waals surface area contributed by atoms with E-state index in [4.69, 9.17) is 10.5 Å². The van der Waals surface area contributed by atoms with Crippen LogP contribution in [0.5, 0.6) is 0 Å². The molecule has 0 aliphatic rings. The van der Waals surface area contributed by atoms with Gasteiger partial charge in [0.05, 0.1) is 0 Å². The van der Waals surface area contributed by atoms with Crippen molar-refractivity contribution in [2.24, 2.45) is 11.1 Å². The van der Waals surface area contributed by atoms with Gasteiger partial charge in [-0.25, -0.2) is 4.79 Å². The van der Waals surface area contributed by atoms with Gasteiger partial charge < -0.3 is 4.74 Å². The lowest BCUT2D eigenvalue weighted by molar-refractivity contribution is -0.00142. The van der Waals surface area contributed by atoms with Gasteiger partial charge in [-0.2, -0.15) is 0 Å². The second-order valence-corrected chi connectivity index (χ2v) is 5.84. The number of rotatable bonds is 11. The van der Waals surface area contributed by atoms with Gasteiger partial charge in [0.2, 0.25) is 0 Å². The Morgan fingerprint density at radius 3 is 1.68 bits per heavy atom. The number of ether oxygens (including phenoxy) is 1. The third-order valence-electron chi connectivity index (χ3n) is 3.92. The monoisotopic (exact) mass is 289 g/mol. The maximum Gasteiger partial charge on any atom is 0.365 e. The number of hydrogen-bond acceptors (Lipinski definition) is 3. The molecule has 1 atom stereocenters. The molecule has 2 N–H and O–H groups in total. The molecular weight excluding hydrogens is 258 g/mol. The quantitative estimate of drug-likeness (QED) is 0.323. The van der Waals surface area contributed by atoms with Gasteiger partial charge in [0.15, 0.2) is 6.23 Å². The summed E-state index contributed by atoms with van der Waals surface area (Å²) in [6.45, 7) is 6.54. The molecule has 0 aromatic rings. The van der Waals surface area contributed by atoms with Crippen LogP contribution in [-0.4, -0.2) is 11.5 Å². The van der Waals surface area contributed by atoms with Crippen molar-refractivity contribution in [3.8, 4) is 0 Å². The minimum Gasteiger partial charge on any atom is -0.438 e. The molecule has 0 spiro atoms. The standard InChI is InChI=1S/C15H31NO2S/c1-4-7-10-15(11-8-5-2,12-9-6-3)13(16)18-14(17)19/h13H,4-12,16H2,1-3H3,(H,17,19). The summed E-state index contributed by atoms with van der Waals surface area (Å²) < 4.78 is 5.21. The third-order valence-corrected chi connectivity index (χ3v) is 4.02. The summed E-state index contributed by atoms with van der Waals surface area (Å²) in [5, 5.41) is -0.568. The molecule has 0 amide bonds. The maximum atomic E-state index is 11.1. The maximum absolute atomic E-state index is 11.1. The average molecular weight is 289 g/mol. The summed E-state index contributed by atoms with van der Waals surface area (Å²) in [5.41, 5.74) is 6.12. The molecule has 0 saturated carbocycles. The highest BCUT2D eigenvalue weighted by molar-refractivity contribution is 7.96. The van der Waals surface area contributed by atoms with E-state index >= 15 is 0 Å². The predicted molar refractivity (Wildman–Crippen MR) is 84.5 cm³/mol. The predicted octanol–water partition coefficient (Wildman–Crippen LogP) is 4.89. The molecule has 0 saturated heterocycles. The van der Waals surface area contributed by atoms with Gasteiger partial charge in [-0.3, -0.25) is 5.73 Å². The van der Waals surface area contributed by atoms with E-state index in [2.05, 4.69) is 33.4 Å². The smallest absolute Gasteiger partial charge is 0.365 e. The Morgan fingerprint density at radius 2 is 1.42 bits per heavy atom. The van der Waals surface area contributed by atoms with Crippen LogP contribution in [0.1, 0.15) is 78.6 Å². The van der Waals surface area contributed by atoms with Gasteiger partial charge in [-0.1, -0.05) is 71.9 Å². The number of carbonyl (C=O) groups is 1. The lowest BCUT2D eigenvalue weighted by atomic mass is 9.73. The van der Waals surface area contributed by atoms with Crippen LogP contribution >= 0.6 is 12.6 Å². The molecule has 0 heterocycles. The number of thiol groups is 1. The highest BCUT2D eigenvalue weighted by atomic mass is 32.1. The summed E-state index contributed by atoms with van der Waals surface area (Å²) in [4.78, 5) is 11.1. The van der Waals surface area contributed by atoms with E-state index in [0.717, 1.165) is 57.8 Å². The fraction of sp³-hybridized carbons (Fsp3) is 0.933. The van der Waals surface area contributed by atoms with E-state index in [0.29, 0.717) is 0 Å². The zero-order valence-corrected chi connectivity index (χ0v) is 13.7. The first kappa shape index (κ1) is 18.8. The molecule has 0 aliphatic heterocycles. The Kier molecular flexibility index (Phi) is 10.4. The normalized spacial score (nSPS) is 13.3. The van der Waals surface area contributed by atoms with Crippen molar-refractivity contribution in [3.63, 3.8) is 0 Å². The Hall–Kier alpha value is -0.220. The van der Waals surface area contributed by atoms with Crippen molar-refractivity contribution in [1.29, 1.82) is 0 Å². The molecule has 114 valence electrons. The SMILES string of the molecule is CCCCC(CCCC)(CCCC)C(N)OC(=O)S. The highest BCUT2D eigenvalue weighted by Gasteiger charge is 2.37. The van der Waals surface area contributed by atoms with Gasteiger partial charge in [-0.05, 0) is 19.3 Å². The Labute approximate surface area is 124 Å². The van der Waals surface area contributed by atoms with Crippen molar-refractivity contribution >= 4 is 17.9 Å². The van der Waals surface area contributed by atoms with Gasteiger partial charge in [0, 0.05) is 5.41 Å². The first-order valence-electron chi connectivity index (χ1n) is 7.67. The molecule has 1 unspecified atom stereocenters. The van der Waals surface area contributed by atoms with Gasteiger partial charge >= 0.3 is 5.30 Å². The van der Waals surface area contributed by atoms with E-state index in [-0.39, 0.29) is 5.41 Å². The molecule has 0 radical (unpaired) electrons. The topological polar surface area (TPSA) is 52.3 Å². The zero-order chi connectivity index (χ0) is 14.7. The molecule has 0 bridgehead atoms. The molecular formula is C15H31NO2S. The highest BCUT2D eigenvalue weighted by Crippen LogP contribution is 2.39. The van der Waals surface area contributed by atoms with Crippen LogP contribution in [0, 0.1) is 5.41 Å². The fourth-order valence-corrected chi connectivity index (χ4v) is 2.74. The van der Waals surface area contributed by atoms with Gasteiger partial charge in [-0.15, -0.1) is 0 Å². The second-order valence-electron chi connectivity index (χ2n) is 5.48. The Bertz CT molecular complexity index is 225. The van der Waals surface area contributed by atoms with Crippen LogP contribution in [0.25, 0.3) is 0 Å². The molecule has 3 nitrogen and oxygen atoms in total. The Balaban J connectivity index is 4.89. The van der Waals surface area contributed by atoms with Crippen LogP contribution in [-0.2, 0) is 4.74 Å². The molecule has 0 aromatic carbocycles. The summed E-state index contributed by atoms with van der Waals surface area (Å²) in [7, 11) is 0. The van der Waals surface area contributed by atoms with E-state index in [1.54, 1.807) is 0 Å². The Morgan fingerprint density at radius 1 is 1.05 bits per heavy atom. The minimum atomic E-state index is -0.568. The van der Waals surface area contributed by atoms with E-state index in [1.165, 1.54) is 0 Å². The average Bonchev–Trinajstić information content (AvgIpc) is 2.37. The van der Waals surface area contributed by atoms with Crippen LogP contribution < -0.4 is 5.73 Å². The van der Waals surface area contributed by atoms with Crippen molar-refractivity contribution < 1.29 is 9.53 Å². The summed E-state index contributed by atoms with van der Waals surface area (Å²) in [6, 6.07) is 0. The molecule has 19 heavy (non-hydrogen) atoms. The first-order valence-corrected chi connectivity index (χ1v) is 8.12. The summed E-state index contributed by atoms with van der Waals surface area (Å²) in [6.07, 6.45) is 9.39. The number of hydrogen-bond donors (Lipinski definition) is 2.